The second kappa shape index (κ2) is 6.57. The summed E-state index contributed by atoms with van der Waals surface area (Å²) in [6, 6.07) is 9.74. The average molecular weight is 274 g/mol. The third-order valence-electron chi connectivity index (χ3n) is 3.44. The lowest BCUT2D eigenvalue weighted by Crippen LogP contribution is -2.34. The van der Waals surface area contributed by atoms with Crippen molar-refractivity contribution in [2.45, 2.75) is 19.8 Å². The lowest BCUT2D eigenvalue weighted by molar-refractivity contribution is -0.122. The highest BCUT2D eigenvalue weighted by molar-refractivity contribution is 5.85. The van der Waals surface area contributed by atoms with Crippen molar-refractivity contribution in [2.75, 3.05) is 20.1 Å². The number of nitrogens with one attached hydrogen (secondary N) is 2. The predicted octanol–water partition coefficient (Wildman–Crippen LogP) is 2.51. The minimum absolute atomic E-state index is 0.00649. The molecule has 0 aliphatic heterocycles. The molecule has 0 saturated heterocycles. The Morgan fingerprint density at radius 1 is 1.25 bits per heavy atom. The lowest BCUT2D eigenvalue weighted by atomic mass is 10.1. The maximum Gasteiger partial charge on any atom is 0.230 e. The van der Waals surface area contributed by atoms with Crippen molar-refractivity contribution in [3.8, 4) is 0 Å². The zero-order chi connectivity index (χ0) is 14.5. The van der Waals surface area contributed by atoms with Gasteiger partial charge in [0.25, 0.3) is 0 Å². The molecule has 1 aromatic heterocycles. The molecule has 2 aromatic rings. The SMILES string of the molecule is CNC[C@H](C)CNC(=O)[C@@H](C)c1cc2ccccc2o1. The maximum atomic E-state index is 12.1. The largest absolute Gasteiger partial charge is 0.460 e. The average Bonchev–Trinajstić information content (AvgIpc) is 2.88. The van der Waals surface area contributed by atoms with Crippen LogP contribution < -0.4 is 10.6 Å². The zero-order valence-electron chi connectivity index (χ0n) is 12.3. The van der Waals surface area contributed by atoms with Crippen LogP contribution in [0.5, 0.6) is 0 Å². The topological polar surface area (TPSA) is 54.3 Å². The van der Waals surface area contributed by atoms with Crippen LogP contribution >= 0.6 is 0 Å². The van der Waals surface area contributed by atoms with Crippen molar-refractivity contribution < 1.29 is 9.21 Å². The van der Waals surface area contributed by atoms with Crippen LogP contribution in [0.3, 0.4) is 0 Å². The van der Waals surface area contributed by atoms with E-state index in [2.05, 4.69) is 17.6 Å². The van der Waals surface area contributed by atoms with Crippen LogP contribution in [-0.2, 0) is 4.79 Å². The molecule has 1 heterocycles. The Morgan fingerprint density at radius 2 is 2.00 bits per heavy atom. The first-order chi connectivity index (χ1) is 9.61. The Morgan fingerprint density at radius 3 is 2.70 bits per heavy atom. The molecule has 0 radical (unpaired) electrons. The van der Waals surface area contributed by atoms with Gasteiger partial charge in [-0.05, 0) is 38.6 Å². The van der Waals surface area contributed by atoms with E-state index in [4.69, 9.17) is 4.42 Å². The fourth-order valence-electron chi connectivity index (χ4n) is 2.19. The third kappa shape index (κ3) is 3.39. The molecule has 0 bridgehead atoms. The Balaban J connectivity index is 1.99. The summed E-state index contributed by atoms with van der Waals surface area (Å²) in [5.41, 5.74) is 0.825. The summed E-state index contributed by atoms with van der Waals surface area (Å²) in [5, 5.41) is 7.10. The van der Waals surface area contributed by atoms with E-state index in [0.717, 1.165) is 17.5 Å². The van der Waals surface area contributed by atoms with Crippen LogP contribution in [-0.4, -0.2) is 26.0 Å². The predicted molar refractivity (Wildman–Crippen MR) is 80.7 cm³/mol. The fraction of sp³-hybridized carbons (Fsp3) is 0.438. The molecule has 2 rings (SSSR count). The van der Waals surface area contributed by atoms with Crippen molar-refractivity contribution in [3.63, 3.8) is 0 Å². The smallest absolute Gasteiger partial charge is 0.230 e. The Hall–Kier alpha value is -1.81. The molecule has 108 valence electrons. The van der Waals surface area contributed by atoms with E-state index in [-0.39, 0.29) is 11.8 Å². The highest BCUT2D eigenvalue weighted by Gasteiger charge is 2.19. The molecule has 1 aromatic carbocycles. The van der Waals surface area contributed by atoms with Crippen LogP contribution in [0.1, 0.15) is 25.5 Å². The number of fused-ring (bicyclic) bond motifs is 1. The van der Waals surface area contributed by atoms with Gasteiger partial charge in [0.1, 0.15) is 11.3 Å². The molecule has 2 N–H and O–H groups in total. The normalized spacial score (nSPS) is 14.2. The van der Waals surface area contributed by atoms with Gasteiger partial charge in [0.15, 0.2) is 0 Å². The van der Waals surface area contributed by atoms with Gasteiger partial charge >= 0.3 is 0 Å². The minimum atomic E-state index is -0.274. The molecular weight excluding hydrogens is 252 g/mol. The first-order valence-corrected chi connectivity index (χ1v) is 7.02. The van der Waals surface area contributed by atoms with Crippen molar-refractivity contribution in [1.82, 2.24) is 10.6 Å². The summed E-state index contributed by atoms with van der Waals surface area (Å²) in [5.74, 6) is 0.855. The molecule has 0 saturated carbocycles. The van der Waals surface area contributed by atoms with Crippen LogP contribution in [0.15, 0.2) is 34.7 Å². The number of hydrogen-bond acceptors (Lipinski definition) is 3. The van der Waals surface area contributed by atoms with Crippen molar-refractivity contribution in [1.29, 1.82) is 0 Å². The summed E-state index contributed by atoms with van der Waals surface area (Å²) in [4.78, 5) is 12.1. The molecule has 4 nitrogen and oxygen atoms in total. The fourth-order valence-corrected chi connectivity index (χ4v) is 2.19. The summed E-state index contributed by atoms with van der Waals surface area (Å²) in [7, 11) is 1.91. The number of carbonyl (C=O) groups excluding carboxylic acids is 1. The quantitative estimate of drug-likeness (QED) is 0.851. The van der Waals surface area contributed by atoms with Gasteiger partial charge in [-0.3, -0.25) is 4.79 Å². The third-order valence-corrected chi connectivity index (χ3v) is 3.44. The van der Waals surface area contributed by atoms with Crippen LogP contribution in [0.25, 0.3) is 11.0 Å². The first kappa shape index (κ1) is 14.6. The Bertz CT molecular complexity index is 544. The first-order valence-electron chi connectivity index (χ1n) is 7.02. The van der Waals surface area contributed by atoms with E-state index >= 15 is 0 Å². The van der Waals surface area contributed by atoms with Crippen molar-refractivity contribution in [2.24, 2.45) is 5.92 Å². The number of hydrogen-bond donors (Lipinski definition) is 2. The van der Waals surface area contributed by atoms with Crippen LogP contribution in [0.2, 0.25) is 0 Å². The minimum Gasteiger partial charge on any atom is -0.460 e. The van der Waals surface area contributed by atoms with Gasteiger partial charge in [0, 0.05) is 11.9 Å². The van der Waals surface area contributed by atoms with E-state index < -0.39 is 0 Å². The summed E-state index contributed by atoms with van der Waals surface area (Å²) >= 11 is 0. The molecule has 0 aliphatic rings. The molecule has 1 amide bonds. The number of furan rings is 1. The highest BCUT2D eigenvalue weighted by Crippen LogP contribution is 2.24. The number of amides is 1. The van der Waals surface area contributed by atoms with E-state index in [9.17, 15) is 4.79 Å². The lowest BCUT2D eigenvalue weighted by Gasteiger charge is -2.14. The van der Waals surface area contributed by atoms with Crippen molar-refractivity contribution in [3.05, 3.63) is 36.1 Å². The second-order valence-electron chi connectivity index (χ2n) is 5.32. The van der Waals surface area contributed by atoms with E-state index in [1.54, 1.807) is 0 Å². The van der Waals surface area contributed by atoms with Crippen LogP contribution in [0, 0.1) is 5.92 Å². The van der Waals surface area contributed by atoms with Gasteiger partial charge < -0.3 is 15.1 Å². The zero-order valence-corrected chi connectivity index (χ0v) is 12.3. The highest BCUT2D eigenvalue weighted by atomic mass is 16.3. The Labute approximate surface area is 119 Å². The second-order valence-corrected chi connectivity index (χ2v) is 5.32. The molecule has 4 heteroatoms. The van der Waals surface area contributed by atoms with Gasteiger partial charge in [-0.1, -0.05) is 25.1 Å². The van der Waals surface area contributed by atoms with Gasteiger partial charge in [0.05, 0.1) is 5.92 Å². The maximum absolute atomic E-state index is 12.1. The summed E-state index contributed by atoms with van der Waals surface area (Å²) in [6.45, 7) is 5.53. The van der Waals surface area contributed by atoms with Gasteiger partial charge in [0.2, 0.25) is 5.91 Å². The molecule has 0 spiro atoms. The monoisotopic (exact) mass is 274 g/mol. The van der Waals surface area contributed by atoms with Gasteiger partial charge in [-0.15, -0.1) is 0 Å². The molecular formula is C16H22N2O2. The standard InChI is InChI=1S/C16H22N2O2/c1-11(9-17-3)10-18-16(19)12(2)15-8-13-6-4-5-7-14(13)20-15/h4-8,11-12,17H,9-10H2,1-3H3,(H,18,19)/t11-,12-/m0/s1. The Kier molecular flexibility index (Phi) is 4.79. The summed E-state index contributed by atoms with van der Waals surface area (Å²) < 4.78 is 5.73. The number of rotatable bonds is 6. The van der Waals surface area contributed by atoms with E-state index in [1.807, 2.05) is 44.3 Å². The van der Waals surface area contributed by atoms with Gasteiger partial charge in [-0.25, -0.2) is 0 Å². The summed E-state index contributed by atoms with van der Waals surface area (Å²) in [6.07, 6.45) is 0. The van der Waals surface area contributed by atoms with E-state index in [0.29, 0.717) is 18.2 Å². The molecule has 0 unspecified atom stereocenters. The molecule has 20 heavy (non-hydrogen) atoms. The number of carbonyl (C=O) groups is 1. The molecule has 2 atom stereocenters. The number of para-hydroxylation sites is 1. The van der Waals surface area contributed by atoms with Gasteiger partial charge in [-0.2, -0.15) is 0 Å². The molecule has 0 fully saturated rings. The van der Waals surface area contributed by atoms with E-state index in [1.165, 1.54) is 0 Å². The van der Waals surface area contributed by atoms with Crippen molar-refractivity contribution >= 4 is 16.9 Å². The molecule has 0 aliphatic carbocycles. The van der Waals surface area contributed by atoms with Crippen LogP contribution in [0.4, 0.5) is 0 Å². The number of benzene rings is 1.